The Kier molecular flexibility index (Phi) is 4.69. The minimum Gasteiger partial charge on any atom is -0.394 e. The third kappa shape index (κ3) is 2.97. The van der Waals surface area contributed by atoms with Gasteiger partial charge in [-0.05, 0) is 35.7 Å². The summed E-state index contributed by atoms with van der Waals surface area (Å²) in [6, 6.07) is 17.6. The van der Waals surface area contributed by atoms with Crippen LogP contribution in [-0.4, -0.2) is 11.7 Å². The quantitative estimate of drug-likeness (QED) is 0.860. The van der Waals surface area contributed by atoms with Crippen molar-refractivity contribution in [1.82, 2.24) is 0 Å². The average Bonchev–Trinajstić information content (AvgIpc) is 2.47. The monoisotopic (exact) mass is 289 g/mol. The Hall–Kier alpha value is -1.51. The molecule has 2 rings (SSSR count). The van der Waals surface area contributed by atoms with E-state index in [2.05, 4.69) is 19.2 Å². The maximum Gasteiger partial charge on any atom is 0.0879 e. The Morgan fingerprint density at radius 3 is 2.15 bits per heavy atom. The van der Waals surface area contributed by atoms with Gasteiger partial charge in [-0.25, -0.2) is 0 Å². The first-order valence-corrected chi connectivity index (χ1v) is 7.16. The molecule has 0 saturated carbocycles. The van der Waals surface area contributed by atoms with E-state index >= 15 is 0 Å². The summed E-state index contributed by atoms with van der Waals surface area (Å²) in [5, 5.41) is 14.2. The summed E-state index contributed by atoms with van der Waals surface area (Å²) in [5.41, 5.74) is 1.52. The van der Waals surface area contributed by atoms with E-state index in [9.17, 15) is 5.11 Å². The zero-order chi connectivity index (χ0) is 14.6. The molecular weight excluding hydrogens is 270 g/mol. The molecule has 0 amide bonds. The highest BCUT2D eigenvalue weighted by Gasteiger charge is 2.34. The average molecular weight is 290 g/mol. The second-order valence-electron chi connectivity index (χ2n) is 5.28. The molecule has 0 radical (unpaired) electrons. The van der Waals surface area contributed by atoms with Crippen molar-refractivity contribution in [3.63, 3.8) is 0 Å². The van der Waals surface area contributed by atoms with Crippen LogP contribution in [0.4, 0.5) is 5.69 Å². The number of nitrogens with one attached hydrogen (secondary N) is 1. The van der Waals surface area contributed by atoms with Gasteiger partial charge in [0, 0.05) is 10.7 Å². The molecule has 0 heterocycles. The van der Waals surface area contributed by atoms with Crippen LogP contribution >= 0.6 is 11.6 Å². The van der Waals surface area contributed by atoms with Crippen LogP contribution < -0.4 is 5.32 Å². The van der Waals surface area contributed by atoms with Gasteiger partial charge in [-0.2, -0.15) is 0 Å². The van der Waals surface area contributed by atoms with Gasteiger partial charge in [-0.3, -0.25) is 0 Å². The summed E-state index contributed by atoms with van der Waals surface area (Å²) >= 11 is 5.92. The van der Waals surface area contributed by atoms with Crippen LogP contribution in [0.25, 0.3) is 0 Å². The smallest absolute Gasteiger partial charge is 0.0879 e. The Bertz CT molecular complexity index is 539. The maximum atomic E-state index is 10.0. The highest BCUT2D eigenvalue weighted by molar-refractivity contribution is 6.30. The van der Waals surface area contributed by atoms with Crippen LogP contribution in [0.5, 0.6) is 0 Å². The first kappa shape index (κ1) is 14.9. The number of anilines is 1. The molecule has 0 spiro atoms. The standard InChI is InChI=1S/C17H20ClNO/c1-13(2)17(12-20,14-6-4-3-5-7-14)19-16-10-8-15(18)9-11-16/h3-11,13,19-20H,12H2,1-2H3. The van der Waals surface area contributed by atoms with E-state index < -0.39 is 5.54 Å². The fraction of sp³-hybridized carbons (Fsp3) is 0.294. The molecule has 1 atom stereocenters. The van der Waals surface area contributed by atoms with Crippen molar-refractivity contribution in [2.75, 3.05) is 11.9 Å². The van der Waals surface area contributed by atoms with Gasteiger partial charge in [0.1, 0.15) is 0 Å². The van der Waals surface area contributed by atoms with Gasteiger partial charge in [-0.15, -0.1) is 0 Å². The molecule has 0 fully saturated rings. The molecule has 0 aromatic heterocycles. The van der Waals surface area contributed by atoms with Crippen molar-refractivity contribution in [3.05, 3.63) is 65.2 Å². The fourth-order valence-corrected chi connectivity index (χ4v) is 2.52. The lowest BCUT2D eigenvalue weighted by Gasteiger charge is -2.38. The highest BCUT2D eigenvalue weighted by atomic mass is 35.5. The van der Waals surface area contributed by atoms with Crippen molar-refractivity contribution >= 4 is 17.3 Å². The van der Waals surface area contributed by atoms with Crippen molar-refractivity contribution in [3.8, 4) is 0 Å². The van der Waals surface area contributed by atoms with Gasteiger partial charge < -0.3 is 10.4 Å². The van der Waals surface area contributed by atoms with Crippen molar-refractivity contribution in [2.45, 2.75) is 19.4 Å². The molecular formula is C17H20ClNO. The SMILES string of the molecule is CC(C)C(CO)(Nc1ccc(Cl)cc1)c1ccccc1. The van der Waals surface area contributed by atoms with Gasteiger partial charge >= 0.3 is 0 Å². The second kappa shape index (κ2) is 6.29. The Morgan fingerprint density at radius 2 is 1.65 bits per heavy atom. The molecule has 2 nitrogen and oxygen atoms in total. The van der Waals surface area contributed by atoms with E-state index in [0.29, 0.717) is 5.02 Å². The normalized spacial score (nSPS) is 14.1. The molecule has 0 aliphatic rings. The zero-order valence-corrected chi connectivity index (χ0v) is 12.6. The van der Waals surface area contributed by atoms with E-state index in [1.807, 2.05) is 54.6 Å². The number of hydrogen-bond acceptors (Lipinski definition) is 2. The third-order valence-corrected chi connectivity index (χ3v) is 3.99. The second-order valence-corrected chi connectivity index (χ2v) is 5.72. The van der Waals surface area contributed by atoms with Crippen LogP contribution in [0.15, 0.2) is 54.6 Å². The number of aliphatic hydroxyl groups is 1. The number of rotatable bonds is 5. The highest BCUT2D eigenvalue weighted by Crippen LogP contribution is 2.33. The summed E-state index contributed by atoms with van der Waals surface area (Å²) in [6.45, 7) is 4.23. The zero-order valence-electron chi connectivity index (χ0n) is 11.8. The van der Waals surface area contributed by atoms with Gasteiger partial charge in [0.05, 0.1) is 12.1 Å². The Balaban J connectivity index is 2.40. The topological polar surface area (TPSA) is 32.3 Å². The first-order chi connectivity index (χ1) is 9.58. The molecule has 0 aliphatic heterocycles. The van der Waals surface area contributed by atoms with E-state index in [1.165, 1.54) is 0 Å². The molecule has 0 aliphatic carbocycles. The molecule has 20 heavy (non-hydrogen) atoms. The van der Waals surface area contributed by atoms with Crippen LogP contribution in [0, 0.1) is 5.92 Å². The van der Waals surface area contributed by atoms with Crippen molar-refractivity contribution < 1.29 is 5.11 Å². The Morgan fingerprint density at radius 1 is 1.05 bits per heavy atom. The molecule has 2 N–H and O–H groups in total. The summed E-state index contributed by atoms with van der Waals surface area (Å²) in [4.78, 5) is 0. The summed E-state index contributed by atoms with van der Waals surface area (Å²) < 4.78 is 0. The minimum absolute atomic E-state index is 0.0251. The van der Waals surface area contributed by atoms with E-state index in [0.717, 1.165) is 11.3 Å². The molecule has 0 bridgehead atoms. The van der Waals surface area contributed by atoms with Gasteiger partial charge in [-0.1, -0.05) is 55.8 Å². The predicted octanol–water partition coefficient (Wildman–Crippen LogP) is 4.30. The molecule has 2 aromatic rings. The van der Waals surface area contributed by atoms with E-state index in [-0.39, 0.29) is 12.5 Å². The van der Waals surface area contributed by atoms with Crippen LogP contribution in [0.2, 0.25) is 5.02 Å². The predicted molar refractivity (Wildman–Crippen MR) is 85.1 cm³/mol. The van der Waals surface area contributed by atoms with Gasteiger partial charge in [0.2, 0.25) is 0 Å². The molecule has 3 heteroatoms. The molecule has 106 valence electrons. The lowest BCUT2D eigenvalue weighted by atomic mass is 9.80. The molecule has 0 saturated heterocycles. The maximum absolute atomic E-state index is 10.0. The van der Waals surface area contributed by atoms with E-state index in [4.69, 9.17) is 11.6 Å². The van der Waals surface area contributed by atoms with Crippen LogP contribution in [-0.2, 0) is 5.54 Å². The number of benzene rings is 2. The third-order valence-electron chi connectivity index (χ3n) is 3.74. The number of halogens is 1. The first-order valence-electron chi connectivity index (χ1n) is 6.78. The fourth-order valence-electron chi connectivity index (χ4n) is 2.39. The Labute approximate surface area is 125 Å². The molecule has 1 unspecified atom stereocenters. The number of hydrogen-bond donors (Lipinski definition) is 2. The van der Waals surface area contributed by atoms with E-state index in [1.54, 1.807) is 0 Å². The molecule has 2 aromatic carbocycles. The minimum atomic E-state index is -0.505. The largest absolute Gasteiger partial charge is 0.394 e. The summed E-state index contributed by atoms with van der Waals surface area (Å²) in [6.07, 6.45) is 0. The van der Waals surface area contributed by atoms with Crippen LogP contribution in [0.1, 0.15) is 19.4 Å². The van der Waals surface area contributed by atoms with Crippen molar-refractivity contribution in [2.24, 2.45) is 5.92 Å². The lowest BCUT2D eigenvalue weighted by Crippen LogP contribution is -2.44. The summed E-state index contributed by atoms with van der Waals surface area (Å²) in [5.74, 6) is 0.227. The van der Waals surface area contributed by atoms with Crippen molar-refractivity contribution in [1.29, 1.82) is 0 Å². The summed E-state index contributed by atoms with van der Waals surface area (Å²) in [7, 11) is 0. The lowest BCUT2D eigenvalue weighted by molar-refractivity contribution is 0.172. The number of aliphatic hydroxyl groups excluding tert-OH is 1. The van der Waals surface area contributed by atoms with Gasteiger partial charge in [0.15, 0.2) is 0 Å². The van der Waals surface area contributed by atoms with Crippen LogP contribution in [0.3, 0.4) is 0 Å². The van der Waals surface area contributed by atoms with Gasteiger partial charge in [0.25, 0.3) is 0 Å².